The number of phenolic OH excluding ortho intramolecular Hbond substituents is 2. The van der Waals surface area contributed by atoms with E-state index in [-0.39, 0.29) is 24.7 Å². The van der Waals surface area contributed by atoms with Gasteiger partial charge in [-0.2, -0.15) is 0 Å². The summed E-state index contributed by atoms with van der Waals surface area (Å²) in [5, 5.41) is 29.6. The molecule has 0 atom stereocenters. The number of fused-ring (bicyclic) bond motifs is 2. The first kappa shape index (κ1) is 30.8. The molecule has 47 heavy (non-hydrogen) atoms. The lowest BCUT2D eigenvalue weighted by atomic mass is 9.95. The molecule has 0 aromatic heterocycles. The molecular formula is C38H32N2O7. The number of benzene rings is 6. The molecule has 6 aromatic rings. The maximum Gasteiger partial charge on any atom is 0.411 e. The van der Waals surface area contributed by atoms with Crippen molar-refractivity contribution in [1.82, 2.24) is 0 Å². The molecule has 0 aliphatic rings. The van der Waals surface area contributed by atoms with E-state index in [1.54, 1.807) is 74.5 Å². The molecule has 0 saturated carbocycles. The van der Waals surface area contributed by atoms with Crippen LogP contribution >= 0.6 is 0 Å². The Balaban J connectivity index is 1.52. The van der Waals surface area contributed by atoms with Crippen LogP contribution in [0.25, 0.3) is 43.8 Å². The molecule has 0 aliphatic heterocycles. The summed E-state index contributed by atoms with van der Waals surface area (Å²) in [5.41, 5.74) is 3.79. The van der Waals surface area contributed by atoms with Crippen molar-refractivity contribution in [3.05, 3.63) is 109 Å². The van der Waals surface area contributed by atoms with Gasteiger partial charge in [-0.25, -0.2) is 9.59 Å². The van der Waals surface area contributed by atoms with Crippen LogP contribution in [0.2, 0.25) is 0 Å². The zero-order valence-corrected chi connectivity index (χ0v) is 25.7. The first-order chi connectivity index (χ1) is 22.9. The van der Waals surface area contributed by atoms with Crippen molar-refractivity contribution in [2.75, 3.05) is 23.8 Å². The molecule has 0 aliphatic carbocycles. The Morgan fingerprint density at radius 1 is 0.532 bits per heavy atom. The zero-order chi connectivity index (χ0) is 32.9. The summed E-state index contributed by atoms with van der Waals surface area (Å²) >= 11 is 0. The highest BCUT2D eigenvalue weighted by molar-refractivity contribution is 6.03. The van der Waals surface area contributed by atoms with Gasteiger partial charge in [-0.15, -0.1) is 0 Å². The van der Waals surface area contributed by atoms with Crippen LogP contribution in [-0.2, 0) is 9.47 Å². The maximum absolute atomic E-state index is 12.3. The molecule has 0 spiro atoms. The predicted molar refractivity (Wildman–Crippen MR) is 183 cm³/mol. The van der Waals surface area contributed by atoms with Crippen LogP contribution in [0.1, 0.15) is 13.8 Å². The van der Waals surface area contributed by atoms with Crippen molar-refractivity contribution >= 4 is 45.1 Å². The van der Waals surface area contributed by atoms with E-state index in [1.165, 1.54) is 0 Å². The molecule has 0 heterocycles. The number of carbonyl (C=O) groups excluding carboxylic acids is 2. The molecule has 6 rings (SSSR count). The number of carbonyl (C=O) groups is 2. The van der Waals surface area contributed by atoms with Gasteiger partial charge in [0.1, 0.15) is 23.0 Å². The van der Waals surface area contributed by atoms with Crippen molar-refractivity contribution in [1.29, 1.82) is 0 Å². The van der Waals surface area contributed by atoms with E-state index in [0.717, 1.165) is 21.9 Å². The van der Waals surface area contributed by atoms with E-state index in [2.05, 4.69) is 10.6 Å². The third-order valence-electron chi connectivity index (χ3n) is 7.61. The second kappa shape index (κ2) is 13.4. The molecule has 236 valence electrons. The molecule has 6 aromatic carbocycles. The number of ether oxygens (including phenoxy) is 3. The van der Waals surface area contributed by atoms with Crippen molar-refractivity contribution in [3.63, 3.8) is 0 Å². The van der Waals surface area contributed by atoms with E-state index in [9.17, 15) is 19.8 Å². The van der Waals surface area contributed by atoms with E-state index < -0.39 is 12.2 Å². The summed E-state index contributed by atoms with van der Waals surface area (Å²) < 4.78 is 16.9. The van der Waals surface area contributed by atoms with E-state index in [0.29, 0.717) is 44.8 Å². The topological polar surface area (TPSA) is 126 Å². The highest BCUT2D eigenvalue weighted by Gasteiger charge is 2.19. The molecule has 0 bridgehead atoms. The lowest BCUT2D eigenvalue weighted by molar-refractivity contribution is 0.167. The monoisotopic (exact) mass is 628 g/mol. The summed E-state index contributed by atoms with van der Waals surface area (Å²) in [6.07, 6.45) is -1.18. The number of nitrogens with one attached hydrogen (secondary N) is 2. The van der Waals surface area contributed by atoms with Gasteiger partial charge in [0.05, 0.1) is 13.2 Å². The van der Waals surface area contributed by atoms with Crippen molar-refractivity contribution in [2.24, 2.45) is 0 Å². The second-order valence-corrected chi connectivity index (χ2v) is 10.6. The van der Waals surface area contributed by atoms with Crippen LogP contribution < -0.4 is 15.4 Å². The lowest BCUT2D eigenvalue weighted by Crippen LogP contribution is -2.13. The summed E-state index contributed by atoms with van der Waals surface area (Å²) in [5.74, 6) is 1.20. The van der Waals surface area contributed by atoms with Gasteiger partial charge in [0.15, 0.2) is 0 Å². The molecule has 0 fully saturated rings. The average Bonchev–Trinajstić information content (AvgIpc) is 3.07. The SMILES string of the molecule is CCOC(=O)Nc1ccc(Oc2ccc(NC(=O)OCC)cc2-c2ccc(O)c3ccccc23)c(-c2ccc(O)c3ccccc23)c1. The number of phenols is 2. The number of rotatable bonds is 8. The van der Waals surface area contributed by atoms with Crippen molar-refractivity contribution in [3.8, 4) is 45.3 Å². The van der Waals surface area contributed by atoms with E-state index >= 15 is 0 Å². The highest BCUT2D eigenvalue weighted by atomic mass is 16.6. The predicted octanol–water partition coefficient (Wildman–Crippen LogP) is 9.67. The van der Waals surface area contributed by atoms with Gasteiger partial charge in [-0.3, -0.25) is 10.6 Å². The third kappa shape index (κ3) is 6.46. The average molecular weight is 629 g/mol. The molecule has 0 saturated heterocycles. The van der Waals surface area contributed by atoms with Crippen LogP contribution in [-0.4, -0.2) is 35.6 Å². The van der Waals surface area contributed by atoms with Gasteiger partial charge < -0.3 is 24.4 Å². The highest BCUT2D eigenvalue weighted by Crippen LogP contribution is 2.45. The summed E-state index contributed by atoms with van der Waals surface area (Å²) in [6.45, 7) is 3.90. The fourth-order valence-electron chi connectivity index (χ4n) is 5.54. The number of hydrogen-bond acceptors (Lipinski definition) is 7. The summed E-state index contributed by atoms with van der Waals surface area (Å²) in [6, 6.07) is 32.3. The summed E-state index contributed by atoms with van der Waals surface area (Å²) in [4.78, 5) is 24.6. The number of amides is 2. The standard InChI is InChI=1S/C38H32N2O7/c1-3-45-37(43)39-23-13-19-35(31(21-23)27-15-17-33(41)29-11-7-5-9-25(27)29)47-36-20-14-24(40-38(44)46-4-2)22-32(36)28-16-18-34(42)30-12-8-6-10-26(28)30/h5-22,41-42H,3-4H2,1-2H3,(H,39,43)(H,40,44). The minimum atomic E-state index is -0.589. The van der Waals surface area contributed by atoms with Gasteiger partial charge in [0.25, 0.3) is 0 Å². The number of hydrogen-bond donors (Lipinski definition) is 4. The quantitative estimate of drug-likeness (QED) is 0.132. The number of aromatic hydroxyl groups is 2. The molecule has 9 heteroatoms. The molecule has 0 radical (unpaired) electrons. The van der Waals surface area contributed by atoms with E-state index in [4.69, 9.17) is 14.2 Å². The first-order valence-electron chi connectivity index (χ1n) is 15.1. The van der Waals surface area contributed by atoms with Crippen molar-refractivity contribution in [2.45, 2.75) is 13.8 Å². The lowest BCUT2D eigenvalue weighted by Gasteiger charge is -2.19. The van der Waals surface area contributed by atoms with Crippen molar-refractivity contribution < 1.29 is 34.0 Å². The molecular weight excluding hydrogens is 596 g/mol. The minimum Gasteiger partial charge on any atom is -0.507 e. The number of anilines is 2. The van der Waals surface area contributed by atoms with Gasteiger partial charge in [0, 0.05) is 33.3 Å². The van der Waals surface area contributed by atoms with Gasteiger partial charge in [-0.1, -0.05) is 48.5 Å². The normalized spacial score (nSPS) is 10.9. The van der Waals surface area contributed by atoms with Crippen LogP contribution in [0.15, 0.2) is 109 Å². The van der Waals surface area contributed by atoms with Crippen LogP contribution in [0.5, 0.6) is 23.0 Å². The molecule has 0 unspecified atom stereocenters. The Hall–Kier alpha value is -6.22. The Kier molecular flexibility index (Phi) is 8.79. The zero-order valence-electron chi connectivity index (χ0n) is 25.7. The Labute approximate surface area is 271 Å². The molecule has 2 amide bonds. The largest absolute Gasteiger partial charge is 0.507 e. The van der Waals surface area contributed by atoms with Gasteiger partial charge in [-0.05, 0) is 96.4 Å². The molecule has 4 N–H and O–H groups in total. The fourth-order valence-corrected chi connectivity index (χ4v) is 5.54. The first-order valence-corrected chi connectivity index (χ1v) is 15.1. The van der Waals surface area contributed by atoms with Crippen LogP contribution in [0.4, 0.5) is 21.0 Å². The smallest absolute Gasteiger partial charge is 0.411 e. The van der Waals surface area contributed by atoms with Gasteiger partial charge in [0.2, 0.25) is 0 Å². The van der Waals surface area contributed by atoms with Crippen LogP contribution in [0, 0.1) is 0 Å². The molecule has 9 nitrogen and oxygen atoms in total. The Morgan fingerprint density at radius 2 is 0.936 bits per heavy atom. The Bertz CT molecular complexity index is 1980. The maximum atomic E-state index is 12.3. The third-order valence-corrected chi connectivity index (χ3v) is 7.61. The van der Waals surface area contributed by atoms with E-state index in [1.807, 2.05) is 48.5 Å². The fraction of sp³-hybridized carbons (Fsp3) is 0.105. The minimum absolute atomic E-state index is 0.138. The Morgan fingerprint density at radius 3 is 1.34 bits per heavy atom. The van der Waals surface area contributed by atoms with Crippen LogP contribution in [0.3, 0.4) is 0 Å². The van der Waals surface area contributed by atoms with Gasteiger partial charge >= 0.3 is 12.2 Å². The second-order valence-electron chi connectivity index (χ2n) is 10.6. The summed E-state index contributed by atoms with van der Waals surface area (Å²) in [7, 11) is 0.